The Morgan fingerprint density at radius 3 is 2.16 bits per heavy atom. The first-order chi connectivity index (χ1) is 18.3. The summed E-state index contributed by atoms with van der Waals surface area (Å²) in [5.41, 5.74) is 0.796. The maximum absolute atomic E-state index is 13.4. The predicted molar refractivity (Wildman–Crippen MR) is 138 cm³/mol. The van der Waals surface area contributed by atoms with E-state index >= 15 is 0 Å². The first-order valence-electron chi connectivity index (χ1n) is 12.4. The lowest BCUT2D eigenvalue weighted by molar-refractivity contribution is -0.135. The van der Waals surface area contributed by atoms with Crippen LogP contribution in [0.3, 0.4) is 0 Å². The molecule has 2 fully saturated rings. The Labute approximate surface area is 219 Å². The van der Waals surface area contributed by atoms with Crippen LogP contribution in [-0.2, 0) is 19.1 Å². The second-order valence-corrected chi connectivity index (χ2v) is 9.22. The maximum Gasteiger partial charge on any atom is 0.337 e. The number of carbonyl (C=O) groups excluding carboxylic acids is 5. The van der Waals surface area contributed by atoms with Crippen molar-refractivity contribution in [3.8, 4) is 0 Å². The number of piperazine rings is 1. The number of nitrogens with zero attached hydrogens (tertiary/aromatic N) is 1. The molecule has 1 heterocycles. The summed E-state index contributed by atoms with van der Waals surface area (Å²) in [5, 5.41) is 8.47. The zero-order chi connectivity index (χ0) is 27.2. The van der Waals surface area contributed by atoms with Gasteiger partial charge in [0.2, 0.25) is 11.8 Å². The van der Waals surface area contributed by atoms with Gasteiger partial charge in [0, 0.05) is 17.4 Å². The summed E-state index contributed by atoms with van der Waals surface area (Å²) < 4.78 is 9.46. The number of carbonyl (C=O) groups is 5. The molecule has 3 N–H and O–H groups in total. The van der Waals surface area contributed by atoms with Crippen molar-refractivity contribution >= 4 is 41.2 Å². The molecule has 4 rings (SSSR count). The standard InChI is InChI=1S/C27H30N4O7/c1-37-25(34)16-12-17(26(35)38-2)14-19(13-16)28-23(32)15-22-24(33)30-20-10-6-7-11-21(20)31(22)27(36)29-18-8-4-3-5-9-18/h3-5,8-9,12-14,20-22H,6-7,10-11,15H2,1-2H3,(H,28,32)(H,29,36)(H,30,33)/t20-,21-,22-/m1/s1. The van der Waals surface area contributed by atoms with E-state index in [2.05, 4.69) is 16.0 Å². The van der Waals surface area contributed by atoms with Crippen LogP contribution in [0.15, 0.2) is 48.5 Å². The van der Waals surface area contributed by atoms with E-state index in [-0.39, 0.29) is 35.3 Å². The van der Waals surface area contributed by atoms with Gasteiger partial charge in [0.25, 0.3) is 0 Å². The molecule has 2 aromatic carbocycles. The van der Waals surface area contributed by atoms with Crippen LogP contribution in [0.5, 0.6) is 0 Å². The average Bonchev–Trinajstić information content (AvgIpc) is 2.92. The molecule has 4 amide bonds. The monoisotopic (exact) mass is 522 g/mol. The fraction of sp³-hybridized carbons (Fsp3) is 0.370. The highest BCUT2D eigenvalue weighted by atomic mass is 16.5. The number of benzene rings is 2. The number of anilines is 2. The van der Waals surface area contributed by atoms with Gasteiger partial charge in [-0.25, -0.2) is 14.4 Å². The molecule has 2 aromatic rings. The minimum atomic E-state index is -1.05. The largest absolute Gasteiger partial charge is 0.465 e. The Morgan fingerprint density at radius 1 is 0.895 bits per heavy atom. The van der Waals surface area contributed by atoms with Gasteiger partial charge in [-0.2, -0.15) is 0 Å². The highest BCUT2D eigenvalue weighted by molar-refractivity contribution is 6.02. The van der Waals surface area contributed by atoms with E-state index in [1.807, 2.05) is 6.07 Å². The molecule has 38 heavy (non-hydrogen) atoms. The van der Waals surface area contributed by atoms with Crippen molar-refractivity contribution in [1.29, 1.82) is 0 Å². The van der Waals surface area contributed by atoms with Crippen LogP contribution < -0.4 is 16.0 Å². The molecular formula is C27H30N4O7. The number of ether oxygens (including phenoxy) is 2. The third-order valence-electron chi connectivity index (χ3n) is 6.75. The van der Waals surface area contributed by atoms with Gasteiger partial charge in [-0.05, 0) is 43.2 Å². The molecule has 11 heteroatoms. The van der Waals surface area contributed by atoms with Crippen molar-refractivity contribution in [1.82, 2.24) is 10.2 Å². The Bertz CT molecular complexity index is 1200. The van der Waals surface area contributed by atoms with Crippen LogP contribution in [0.25, 0.3) is 0 Å². The number of hydrogen-bond donors (Lipinski definition) is 3. The van der Waals surface area contributed by atoms with E-state index in [0.29, 0.717) is 12.1 Å². The van der Waals surface area contributed by atoms with Crippen molar-refractivity contribution in [2.75, 3.05) is 24.9 Å². The van der Waals surface area contributed by atoms with Gasteiger partial charge in [-0.1, -0.05) is 31.0 Å². The Morgan fingerprint density at radius 2 is 1.53 bits per heavy atom. The fourth-order valence-corrected chi connectivity index (χ4v) is 5.00. The molecule has 0 spiro atoms. The van der Waals surface area contributed by atoms with E-state index in [4.69, 9.17) is 9.47 Å². The van der Waals surface area contributed by atoms with Crippen LogP contribution in [0.4, 0.5) is 16.2 Å². The minimum Gasteiger partial charge on any atom is -0.465 e. The molecule has 0 unspecified atom stereocenters. The van der Waals surface area contributed by atoms with Crippen molar-refractivity contribution in [3.63, 3.8) is 0 Å². The molecule has 2 aliphatic rings. The van der Waals surface area contributed by atoms with Gasteiger partial charge < -0.3 is 30.3 Å². The van der Waals surface area contributed by atoms with Crippen molar-refractivity contribution in [3.05, 3.63) is 59.7 Å². The molecule has 1 saturated carbocycles. The number of hydrogen-bond acceptors (Lipinski definition) is 7. The van der Waals surface area contributed by atoms with Crippen LogP contribution in [0, 0.1) is 0 Å². The van der Waals surface area contributed by atoms with Gasteiger partial charge >= 0.3 is 18.0 Å². The second kappa shape index (κ2) is 11.8. The summed E-state index contributed by atoms with van der Waals surface area (Å²) in [6.45, 7) is 0. The Kier molecular flexibility index (Phi) is 8.25. The minimum absolute atomic E-state index is 0.0371. The maximum atomic E-state index is 13.4. The van der Waals surface area contributed by atoms with Crippen LogP contribution in [0.1, 0.15) is 52.8 Å². The van der Waals surface area contributed by atoms with Crippen molar-refractivity contribution in [2.45, 2.75) is 50.2 Å². The second-order valence-electron chi connectivity index (χ2n) is 9.22. The topological polar surface area (TPSA) is 143 Å². The first-order valence-corrected chi connectivity index (χ1v) is 12.4. The van der Waals surface area contributed by atoms with E-state index in [1.165, 1.54) is 37.3 Å². The molecule has 1 aliphatic carbocycles. The summed E-state index contributed by atoms with van der Waals surface area (Å²) in [5.74, 6) is -2.39. The SMILES string of the molecule is COC(=O)c1cc(NC(=O)C[C@@H]2C(=O)N[C@@H]3CCCC[C@H]3N2C(=O)Nc2ccccc2)cc(C(=O)OC)c1. The van der Waals surface area contributed by atoms with Crippen LogP contribution in [-0.4, -0.2) is 67.0 Å². The van der Waals surface area contributed by atoms with E-state index in [1.54, 1.807) is 24.3 Å². The zero-order valence-corrected chi connectivity index (χ0v) is 21.2. The molecular weight excluding hydrogens is 492 g/mol. The lowest BCUT2D eigenvalue weighted by Gasteiger charge is -2.47. The zero-order valence-electron chi connectivity index (χ0n) is 21.2. The van der Waals surface area contributed by atoms with Gasteiger partial charge in [0.05, 0.1) is 37.8 Å². The summed E-state index contributed by atoms with van der Waals surface area (Å²) in [6.07, 6.45) is 2.98. The lowest BCUT2D eigenvalue weighted by Crippen LogP contribution is -2.68. The van der Waals surface area contributed by atoms with Crippen molar-refractivity contribution in [2.24, 2.45) is 0 Å². The number of nitrogens with one attached hydrogen (secondary N) is 3. The Balaban J connectivity index is 1.57. The number of esters is 2. The third-order valence-corrected chi connectivity index (χ3v) is 6.75. The number of para-hydroxylation sites is 1. The van der Waals surface area contributed by atoms with Crippen LogP contribution in [0.2, 0.25) is 0 Å². The molecule has 0 radical (unpaired) electrons. The van der Waals surface area contributed by atoms with Crippen molar-refractivity contribution < 1.29 is 33.4 Å². The normalized spacial score (nSPS) is 20.4. The fourth-order valence-electron chi connectivity index (χ4n) is 5.00. The highest BCUT2D eigenvalue weighted by Crippen LogP contribution is 2.30. The lowest BCUT2D eigenvalue weighted by atomic mass is 9.85. The summed E-state index contributed by atoms with van der Waals surface area (Å²) >= 11 is 0. The van der Waals surface area contributed by atoms with Gasteiger partial charge in [0.1, 0.15) is 6.04 Å². The van der Waals surface area contributed by atoms with E-state index < -0.39 is 35.8 Å². The molecule has 200 valence electrons. The Hall–Kier alpha value is -4.41. The van der Waals surface area contributed by atoms with Gasteiger partial charge in [0.15, 0.2) is 0 Å². The molecule has 3 atom stereocenters. The predicted octanol–water partition coefficient (Wildman–Crippen LogP) is 2.93. The van der Waals surface area contributed by atoms with E-state index in [0.717, 1.165) is 19.3 Å². The van der Waals surface area contributed by atoms with Crippen LogP contribution >= 0.6 is 0 Å². The molecule has 0 bridgehead atoms. The quantitative estimate of drug-likeness (QED) is 0.495. The molecule has 11 nitrogen and oxygen atoms in total. The number of amides is 4. The number of rotatable bonds is 6. The molecule has 1 saturated heterocycles. The number of methoxy groups -OCH3 is 2. The van der Waals surface area contributed by atoms with Gasteiger partial charge in [-0.3, -0.25) is 9.59 Å². The summed E-state index contributed by atoms with van der Waals surface area (Å²) in [4.78, 5) is 65.3. The first kappa shape index (κ1) is 26.6. The third kappa shape index (κ3) is 5.93. The van der Waals surface area contributed by atoms with Gasteiger partial charge in [-0.15, -0.1) is 0 Å². The highest BCUT2D eigenvalue weighted by Gasteiger charge is 2.46. The average molecular weight is 523 g/mol. The number of fused-ring (bicyclic) bond motifs is 1. The molecule has 1 aliphatic heterocycles. The summed E-state index contributed by atoms with van der Waals surface area (Å²) in [7, 11) is 2.39. The number of urea groups is 1. The molecule has 0 aromatic heterocycles. The smallest absolute Gasteiger partial charge is 0.337 e. The van der Waals surface area contributed by atoms with E-state index in [9.17, 15) is 24.0 Å². The summed E-state index contributed by atoms with van der Waals surface area (Å²) in [6, 6.07) is 11.0.